The normalized spacial score (nSPS) is 25.5. The molecule has 2 fully saturated rings. The molecule has 7 heteroatoms. The highest BCUT2D eigenvalue weighted by Crippen LogP contribution is 2.34. The molecule has 0 spiro atoms. The Morgan fingerprint density at radius 2 is 1.61 bits per heavy atom. The smallest absolute Gasteiger partial charge is 0.338 e. The lowest BCUT2D eigenvalue weighted by Gasteiger charge is -2.27. The van der Waals surface area contributed by atoms with Gasteiger partial charge < -0.3 is 28.4 Å². The van der Waals surface area contributed by atoms with Gasteiger partial charge in [0.2, 0.25) is 0 Å². The van der Waals surface area contributed by atoms with Crippen molar-refractivity contribution in [3.63, 3.8) is 0 Å². The van der Waals surface area contributed by atoms with Crippen LogP contribution in [0.25, 0.3) is 0 Å². The van der Waals surface area contributed by atoms with Crippen molar-refractivity contribution in [2.45, 2.75) is 31.2 Å². The average Bonchev–Trinajstić information content (AvgIpc) is 3.34. The van der Waals surface area contributed by atoms with Gasteiger partial charge in [-0.25, -0.2) is 4.79 Å². The summed E-state index contributed by atoms with van der Waals surface area (Å²) in [5, 5.41) is 0. The summed E-state index contributed by atoms with van der Waals surface area (Å²) in [5.74, 6) is 1.00. The molecule has 4 rings (SSSR count). The molecule has 0 aliphatic carbocycles. The van der Waals surface area contributed by atoms with Gasteiger partial charge in [0.05, 0.1) is 33.0 Å². The van der Waals surface area contributed by atoms with Crippen molar-refractivity contribution < 1.29 is 33.2 Å². The van der Waals surface area contributed by atoms with Crippen LogP contribution in [0.2, 0.25) is 0 Å². The Bertz CT molecular complexity index is 803. The third-order valence-corrected chi connectivity index (χ3v) is 4.86. The Hall–Kier alpha value is -2.61. The van der Waals surface area contributed by atoms with Gasteiger partial charge in [0, 0.05) is 0 Å². The Morgan fingerprint density at radius 1 is 0.964 bits per heavy atom. The topological polar surface area (TPSA) is 72.5 Å². The molecular formula is C21H22O7. The molecule has 2 aromatic carbocycles. The summed E-state index contributed by atoms with van der Waals surface area (Å²) < 4.78 is 33.2. The van der Waals surface area contributed by atoms with Crippen LogP contribution in [-0.2, 0) is 25.6 Å². The van der Waals surface area contributed by atoms with Crippen LogP contribution in [0, 0.1) is 0 Å². The molecule has 2 aromatic rings. The van der Waals surface area contributed by atoms with Gasteiger partial charge in [-0.15, -0.1) is 0 Å². The second kappa shape index (κ2) is 8.18. The summed E-state index contributed by atoms with van der Waals surface area (Å²) in [7, 11) is 3.20. The molecule has 2 heterocycles. The Labute approximate surface area is 163 Å². The van der Waals surface area contributed by atoms with Gasteiger partial charge in [0.15, 0.2) is 12.4 Å². The van der Waals surface area contributed by atoms with E-state index in [0.29, 0.717) is 24.5 Å². The van der Waals surface area contributed by atoms with Gasteiger partial charge >= 0.3 is 5.97 Å². The molecular weight excluding hydrogens is 364 g/mol. The third kappa shape index (κ3) is 3.82. The predicted molar refractivity (Wildman–Crippen MR) is 98.4 cm³/mol. The van der Waals surface area contributed by atoms with Crippen LogP contribution >= 0.6 is 0 Å². The molecule has 7 nitrogen and oxygen atoms in total. The summed E-state index contributed by atoms with van der Waals surface area (Å²) in [6.07, 6.45) is -1.86. The van der Waals surface area contributed by atoms with E-state index in [-0.39, 0.29) is 12.2 Å². The lowest BCUT2D eigenvalue weighted by Crippen LogP contribution is -2.45. The molecule has 0 saturated carbocycles. The third-order valence-electron chi connectivity index (χ3n) is 4.86. The largest absolute Gasteiger partial charge is 0.497 e. The molecule has 2 bridgehead atoms. The Kier molecular flexibility index (Phi) is 5.47. The minimum atomic E-state index is -0.619. The summed E-state index contributed by atoms with van der Waals surface area (Å²) in [5.41, 5.74) is 1.42. The summed E-state index contributed by atoms with van der Waals surface area (Å²) in [4.78, 5) is 12.5. The molecule has 4 atom stereocenters. The van der Waals surface area contributed by atoms with Gasteiger partial charge in [-0.2, -0.15) is 0 Å². The van der Waals surface area contributed by atoms with Gasteiger partial charge in [-0.05, 0) is 42.0 Å². The Balaban J connectivity index is 1.40. The first-order valence-corrected chi connectivity index (χ1v) is 9.04. The SMILES string of the molecule is COc1ccc(CO[C@@H]2[C@@H](OC(=O)c3ccc(OC)cc3)[C@@H]3OC[C@H]2O3)cc1. The summed E-state index contributed by atoms with van der Waals surface area (Å²) in [6, 6.07) is 14.3. The zero-order valence-electron chi connectivity index (χ0n) is 15.7. The zero-order valence-corrected chi connectivity index (χ0v) is 15.7. The summed E-state index contributed by atoms with van der Waals surface area (Å²) >= 11 is 0. The molecule has 0 aromatic heterocycles. The fourth-order valence-electron chi connectivity index (χ4n) is 3.31. The molecule has 0 radical (unpaired) electrons. The summed E-state index contributed by atoms with van der Waals surface area (Å²) in [6.45, 7) is 0.798. The molecule has 2 aliphatic heterocycles. The lowest BCUT2D eigenvalue weighted by atomic mass is 10.1. The minimum absolute atomic E-state index is 0.253. The molecule has 2 saturated heterocycles. The number of ether oxygens (including phenoxy) is 6. The first kappa shape index (κ1) is 18.7. The van der Waals surface area contributed by atoms with Crippen molar-refractivity contribution in [2.24, 2.45) is 0 Å². The maximum Gasteiger partial charge on any atom is 0.338 e. The Morgan fingerprint density at radius 3 is 2.25 bits per heavy atom. The van der Waals surface area contributed by atoms with Crippen LogP contribution in [0.4, 0.5) is 0 Å². The molecule has 0 N–H and O–H groups in total. The van der Waals surface area contributed by atoms with Gasteiger partial charge in [0.25, 0.3) is 0 Å². The van der Waals surface area contributed by atoms with Crippen LogP contribution < -0.4 is 9.47 Å². The fraction of sp³-hybridized carbons (Fsp3) is 0.381. The van der Waals surface area contributed by atoms with Crippen molar-refractivity contribution in [2.75, 3.05) is 20.8 Å². The van der Waals surface area contributed by atoms with Crippen molar-refractivity contribution in [3.05, 3.63) is 59.7 Å². The highest BCUT2D eigenvalue weighted by Gasteiger charge is 2.53. The van der Waals surface area contributed by atoms with Crippen molar-refractivity contribution in [1.29, 1.82) is 0 Å². The monoisotopic (exact) mass is 386 g/mol. The first-order chi connectivity index (χ1) is 13.7. The molecule has 0 unspecified atom stereocenters. The van der Waals surface area contributed by atoms with Crippen LogP contribution in [0.3, 0.4) is 0 Å². The average molecular weight is 386 g/mol. The van der Waals surface area contributed by atoms with Crippen molar-refractivity contribution in [1.82, 2.24) is 0 Å². The van der Waals surface area contributed by atoms with E-state index in [1.54, 1.807) is 38.5 Å². The second-order valence-electron chi connectivity index (χ2n) is 6.60. The van der Waals surface area contributed by atoms with Gasteiger partial charge in [0.1, 0.15) is 23.7 Å². The second-order valence-corrected chi connectivity index (χ2v) is 6.60. The van der Waals surface area contributed by atoms with Crippen LogP contribution in [0.15, 0.2) is 48.5 Å². The van der Waals surface area contributed by atoms with Crippen LogP contribution in [-0.4, -0.2) is 51.4 Å². The lowest BCUT2D eigenvalue weighted by molar-refractivity contribution is -0.131. The number of rotatable bonds is 7. The van der Waals surface area contributed by atoms with E-state index in [9.17, 15) is 4.79 Å². The number of methoxy groups -OCH3 is 2. The maximum absolute atomic E-state index is 12.5. The number of esters is 1. The van der Waals surface area contributed by atoms with E-state index in [2.05, 4.69) is 0 Å². The standard InChI is InChI=1S/C21H22O7/c1-23-15-7-3-13(4-8-15)11-25-18-17-12-26-21(27-17)19(18)28-20(22)14-5-9-16(24-2)10-6-14/h3-10,17-19,21H,11-12H2,1-2H3/t17-,18+,19-,21-/m1/s1. The van der Waals surface area contributed by atoms with Crippen LogP contribution in [0.1, 0.15) is 15.9 Å². The van der Waals surface area contributed by atoms with E-state index in [1.165, 1.54) is 0 Å². The van der Waals surface area contributed by atoms with E-state index < -0.39 is 18.4 Å². The van der Waals surface area contributed by atoms with E-state index in [1.807, 2.05) is 24.3 Å². The number of fused-ring (bicyclic) bond motifs is 2. The zero-order chi connectivity index (χ0) is 19.5. The molecule has 28 heavy (non-hydrogen) atoms. The minimum Gasteiger partial charge on any atom is -0.497 e. The van der Waals surface area contributed by atoms with Crippen molar-refractivity contribution >= 4 is 5.97 Å². The number of carbonyl (C=O) groups excluding carboxylic acids is 1. The number of benzene rings is 2. The van der Waals surface area contributed by atoms with Gasteiger partial charge in [-0.1, -0.05) is 12.1 Å². The van der Waals surface area contributed by atoms with E-state index >= 15 is 0 Å². The highest BCUT2D eigenvalue weighted by atomic mass is 16.8. The number of carbonyl (C=O) groups is 1. The maximum atomic E-state index is 12.5. The molecule has 0 amide bonds. The quantitative estimate of drug-likeness (QED) is 0.677. The number of hydrogen-bond acceptors (Lipinski definition) is 7. The van der Waals surface area contributed by atoms with E-state index in [4.69, 9.17) is 28.4 Å². The van der Waals surface area contributed by atoms with E-state index in [0.717, 1.165) is 11.3 Å². The predicted octanol–water partition coefficient (Wildman–Crippen LogP) is 2.57. The molecule has 148 valence electrons. The first-order valence-electron chi connectivity index (χ1n) is 9.04. The van der Waals surface area contributed by atoms with Gasteiger partial charge in [-0.3, -0.25) is 0 Å². The fourth-order valence-corrected chi connectivity index (χ4v) is 3.31. The molecule has 2 aliphatic rings. The highest BCUT2D eigenvalue weighted by molar-refractivity contribution is 5.89. The van der Waals surface area contributed by atoms with Crippen LogP contribution in [0.5, 0.6) is 11.5 Å². The number of hydrogen-bond donors (Lipinski definition) is 0. The van der Waals surface area contributed by atoms with Crippen molar-refractivity contribution in [3.8, 4) is 11.5 Å².